The monoisotopic (exact) mass is 244 g/mol. The van der Waals surface area contributed by atoms with E-state index in [1.54, 1.807) is 6.07 Å². The molecule has 2 aromatic carbocycles. The summed E-state index contributed by atoms with van der Waals surface area (Å²) in [7, 11) is 1.87. The second-order valence-electron chi connectivity index (χ2n) is 4.18. The van der Waals surface area contributed by atoms with Gasteiger partial charge in [0, 0.05) is 12.7 Å². The zero-order valence-electron chi connectivity index (χ0n) is 10.4. The van der Waals surface area contributed by atoms with E-state index in [2.05, 4.69) is 0 Å². The first kappa shape index (κ1) is 12.6. The maximum atomic E-state index is 14.0. The number of hydrogen-bond acceptors (Lipinski definition) is 2. The molecule has 3 heteroatoms. The molecule has 18 heavy (non-hydrogen) atoms. The quantitative estimate of drug-likeness (QED) is 0.895. The highest BCUT2D eigenvalue weighted by molar-refractivity contribution is 5.66. The molecule has 0 atom stereocenters. The van der Waals surface area contributed by atoms with Gasteiger partial charge in [-0.3, -0.25) is 0 Å². The molecule has 2 nitrogen and oxygen atoms in total. The van der Waals surface area contributed by atoms with Crippen LogP contribution in [0.1, 0.15) is 5.56 Å². The van der Waals surface area contributed by atoms with E-state index in [0.29, 0.717) is 18.7 Å². The van der Waals surface area contributed by atoms with Crippen molar-refractivity contribution >= 4 is 11.4 Å². The van der Waals surface area contributed by atoms with Crippen LogP contribution >= 0.6 is 0 Å². The van der Waals surface area contributed by atoms with Crippen molar-refractivity contribution in [1.29, 1.82) is 0 Å². The lowest BCUT2D eigenvalue weighted by atomic mass is 10.1. The number of rotatable bonds is 4. The Morgan fingerprint density at radius 3 is 2.44 bits per heavy atom. The fraction of sp³-hybridized carbons (Fsp3) is 0.200. The van der Waals surface area contributed by atoms with Crippen LogP contribution < -0.4 is 10.6 Å². The molecule has 0 amide bonds. The van der Waals surface area contributed by atoms with Gasteiger partial charge in [0.1, 0.15) is 5.82 Å². The Bertz CT molecular complexity index is 511. The summed E-state index contributed by atoms with van der Waals surface area (Å²) in [6, 6.07) is 14.9. The number of nitrogens with zero attached hydrogens (tertiary/aromatic N) is 1. The van der Waals surface area contributed by atoms with Gasteiger partial charge < -0.3 is 10.6 Å². The number of para-hydroxylation sites is 2. The van der Waals surface area contributed by atoms with Crippen LogP contribution in [0.5, 0.6) is 0 Å². The average molecular weight is 244 g/mol. The predicted octanol–water partition coefficient (Wildman–Crippen LogP) is 3.09. The van der Waals surface area contributed by atoms with E-state index in [0.717, 1.165) is 11.3 Å². The second-order valence-corrected chi connectivity index (χ2v) is 4.18. The van der Waals surface area contributed by atoms with E-state index in [1.807, 2.05) is 48.3 Å². The van der Waals surface area contributed by atoms with Crippen molar-refractivity contribution in [3.63, 3.8) is 0 Å². The van der Waals surface area contributed by atoms with Gasteiger partial charge in [0.25, 0.3) is 0 Å². The van der Waals surface area contributed by atoms with Crippen molar-refractivity contribution in [2.75, 3.05) is 18.5 Å². The Hall–Kier alpha value is -1.87. The van der Waals surface area contributed by atoms with Gasteiger partial charge in [-0.2, -0.15) is 0 Å². The molecule has 0 aliphatic carbocycles. The van der Waals surface area contributed by atoms with Crippen molar-refractivity contribution in [1.82, 2.24) is 0 Å². The fourth-order valence-electron chi connectivity index (χ4n) is 2.07. The van der Waals surface area contributed by atoms with E-state index in [4.69, 9.17) is 5.73 Å². The third-order valence-electron chi connectivity index (χ3n) is 2.96. The maximum absolute atomic E-state index is 14.0. The summed E-state index contributed by atoms with van der Waals surface area (Å²) in [4.78, 5) is 1.86. The van der Waals surface area contributed by atoms with Gasteiger partial charge in [0.2, 0.25) is 0 Å². The Kier molecular flexibility index (Phi) is 3.95. The first-order chi connectivity index (χ1) is 8.74. The SMILES string of the molecule is CN(c1ccccc1)c1c(F)cccc1CCN. The van der Waals surface area contributed by atoms with E-state index in [9.17, 15) is 4.39 Å². The summed E-state index contributed by atoms with van der Waals surface area (Å²) in [5.41, 5.74) is 8.08. The molecule has 0 saturated heterocycles. The largest absolute Gasteiger partial charge is 0.342 e. The third-order valence-corrected chi connectivity index (χ3v) is 2.96. The summed E-state index contributed by atoms with van der Waals surface area (Å²) >= 11 is 0. The number of halogens is 1. The molecule has 0 saturated carbocycles. The zero-order chi connectivity index (χ0) is 13.0. The summed E-state index contributed by atoms with van der Waals surface area (Å²) in [6.07, 6.45) is 0.671. The molecular formula is C15H17FN2. The highest BCUT2D eigenvalue weighted by Gasteiger charge is 2.13. The average Bonchev–Trinajstić information content (AvgIpc) is 2.40. The van der Waals surface area contributed by atoms with Crippen molar-refractivity contribution in [2.24, 2.45) is 5.73 Å². The Morgan fingerprint density at radius 2 is 1.78 bits per heavy atom. The molecule has 0 aromatic heterocycles. The van der Waals surface area contributed by atoms with Gasteiger partial charge in [-0.15, -0.1) is 0 Å². The first-order valence-corrected chi connectivity index (χ1v) is 6.00. The van der Waals surface area contributed by atoms with Gasteiger partial charge in [0.15, 0.2) is 0 Å². The molecule has 0 aliphatic heterocycles. The summed E-state index contributed by atoms with van der Waals surface area (Å²) in [6.45, 7) is 0.513. The van der Waals surface area contributed by atoms with E-state index < -0.39 is 0 Å². The molecular weight excluding hydrogens is 227 g/mol. The van der Waals surface area contributed by atoms with Crippen LogP contribution in [0.25, 0.3) is 0 Å². The summed E-state index contributed by atoms with van der Waals surface area (Å²) in [5.74, 6) is -0.215. The van der Waals surface area contributed by atoms with Gasteiger partial charge in [-0.05, 0) is 36.7 Å². The minimum atomic E-state index is -0.215. The molecule has 2 aromatic rings. The Labute approximate surface area is 107 Å². The van der Waals surface area contributed by atoms with Gasteiger partial charge in [-0.25, -0.2) is 4.39 Å². The molecule has 0 bridgehead atoms. The summed E-state index contributed by atoms with van der Waals surface area (Å²) in [5, 5.41) is 0. The van der Waals surface area contributed by atoms with Crippen LogP contribution in [0.15, 0.2) is 48.5 Å². The number of anilines is 2. The van der Waals surface area contributed by atoms with Crippen LogP contribution in [0, 0.1) is 5.82 Å². The van der Waals surface area contributed by atoms with Gasteiger partial charge in [-0.1, -0.05) is 30.3 Å². The highest BCUT2D eigenvalue weighted by atomic mass is 19.1. The van der Waals surface area contributed by atoms with Crippen molar-refractivity contribution in [3.05, 3.63) is 59.9 Å². The number of hydrogen-bond donors (Lipinski definition) is 1. The minimum absolute atomic E-state index is 0.215. The first-order valence-electron chi connectivity index (χ1n) is 6.00. The van der Waals surface area contributed by atoms with E-state index >= 15 is 0 Å². The van der Waals surface area contributed by atoms with Crippen molar-refractivity contribution in [3.8, 4) is 0 Å². The lowest BCUT2D eigenvalue weighted by Crippen LogP contribution is -2.15. The summed E-state index contributed by atoms with van der Waals surface area (Å²) < 4.78 is 14.0. The van der Waals surface area contributed by atoms with Gasteiger partial charge >= 0.3 is 0 Å². The molecule has 0 aliphatic rings. The van der Waals surface area contributed by atoms with Crippen molar-refractivity contribution in [2.45, 2.75) is 6.42 Å². The molecule has 2 N–H and O–H groups in total. The minimum Gasteiger partial charge on any atom is -0.342 e. The molecule has 0 heterocycles. The molecule has 2 rings (SSSR count). The topological polar surface area (TPSA) is 29.3 Å². The fourth-order valence-corrected chi connectivity index (χ4v) is 2.07. The molecule has 0 unspecified atom stereocenters. The predicted molar refractivity (Wildman–Crippen MR) is 73.7 cm³/mol. The number of benzene rings is 2. The molecule has 94 valence electrons. The maximum Gasteiger partial charge on any atom is 0.147 e. The van der Waals surface area contributed by atoms with Crippen LogP contribution in [0.4, 0.5) is 15.8 Å². The van der Waals surface area contributed by atoms with Crippen LogP contribution in [0.3, 0.4) is 0 Å². The second kappa shape index (κ2) is 5.65. The van der Waals surface area contributed by atoms with Gasteiger partial charge in [0.05, 0.1) is 5.69 Å². The zero-order valence-corrected chi connectivity index (χ0v) is 10.4. The van der Waals surface area contributed by atoms with E-state index in [1.165, 1.54) is 6.07 Å². The highest BCUT2D eigenvalue weighted by Crippen LogP contribution is 2.29. The Balaban J connectivity index is 2.43. The smallest absolute Gasteiger partial charge is 0.147 e. The Morgan fingerprint density at radius 1 is 1.06 bits per heavy atom. The normalized spacial score (nSPS) is 10.4. The van der Waals surface area contributed by atoms with Crippen LogP contribution in [-0.2, 0) is 6.42 Å². The molecule has 0 radical (unpaired) electrons. The molecule has 0 spiro atoms. The lowest BCUT2D eigenvalue weighted by molar-refractivity contribution is 0.625. The van der Waals surface area contributed by atoms with Crippen LogP contribution in [0.2, 0.25) is 0 Å². The standard InChI is InChI=1S/C15H17FN2/c1-18(13-7-3-2-4-8-13)15-12(10-11-17)6-5-9-14(15)16/h2-9H,10-11,17H2,1H3. The molecule has 0 fully saturated rings. The van der Waals surface area contributed by atoms with E-state index in [-0.39, 0.29) is 5.82 Å². The van der Waals surface area contributed by atoms with Crippen molar-refractivity contribution < 1.29 is 4.39 Å². The number of nitrogens with two attached hydrogens (primary N) is 1. The lowest BCUT2D eigenvalue weighted by Gasteiger charge is -2.23. The van der Waals surface area contributed by atoms with Crippen LogP contribution in [-0.4, -0.2) is 13.6 Å². The third kappa shape index (κ3) is 2.51.